The average molecular weight is 549 g/mol. The number of likely N-dealkylation sites (N-methyl/N-ethyl adjacent to an activating group) is 1. The van der Waals surface area contributed by atoms with Crippen LogP contribution in [0.25, 0.3) is 16.9 Å². The Morgan fingerprint density at radius 1 is 0.975 bits per heavy atom. The molecule has 1 amide bonds. The van der Waals surface area contributed by atoms with Crippen molar-refractivity contribution in [2.45, 2.75) is 17.7 Å². The van der Waals surface area contributed by atoms with Gasteiger partial charge in [0.2, 0.25) is 5.78 Å². The molecule has 11 heteroatoms. The van der Waals surface area contributed by atoms with Gasteiger partial charge in [-0.05, 0) is 49.0 Å². The SMILES string of the molecule is CN(C)c1ccc(-c2ccc(O)c3c2[CH][C@@H]2C(=C3O)C(=O)[C@]3(O)C(O)=C(C(N)=O)C(=O)[C@@H](N(C)C)[C@@H]3[C@H]2O)cc1. The Morgan fingerprint density at radius 3 is 2.15 bits per heavy atom. The number of aromatic hydroxyl groups is 1. The maximum absolute atomic E-state index is 13.9. The number of fused-ring (bicyclic) bond motifs is 3. The second kappa shape index (κ2) is 9.19. The van der Waals surface area contributed by atoms with Gasteiger partial charge in [0.1, 0.15) is 22.8 Å². The van der Waals surface area contributed by atoms with Crippen molar-refractivity contribution in [3.8, 4) is 16.9 Å². The minimum absolute atomic E-state index is 0.0994. The van der Waals surface area contributed by atoms with Crippen molar-refractivity contribution in [2.75, 3.05) is 33.1 Å². The number of hydrogen-bond acceptors (Lipinski definition) is 10. The number of phenolic OH excluding ortho intramolecular Hbond substituents is 1. The standard InChI is InChI=1S/C29H30N3O8/c1-31(2)13-7-5-12(6-8-13)14-9-10-17(33)18-15(14)11-16-19(24(18)35)26(37)29(40)21(23(16)34)22(32(3)4)25(36)20(27(29)38)28(30)39/h5-11,16,21-23,33-35,38,40H,1-4H3,(H2,30,39)/t16-,21-,22+,23+,29+/m1/s1. The first kappa shape index (κ1) is 27.4. The Labute approximate surface area is 230 Å². The average Bonchev–Trinajstić information content (AvgIpc) is 2.88. The topological polar surface area (TPSA) is 185 Å². The zero-order chi connectivity index (χ0) is 29.4. The highest BCUT2D eigenvalue weighted by Gasteiger charge is 2.67. The van der Waals surface area contributed by atoms with E-state index in [0.717, 1.165) is 11.3 Å². The molecular weight excluding hydrogens is 518 g/mol. The van der Waals surface area contributed by atoms with Crippen LogP contribution in [0, 0.1) is 18.3 Å². The summed E-state index contributed by atoms with van der Waals surface area (Å²) in [6, 6.07) is 9.05. The van der Waals surface area contributed by atoms with Crippen molar-refractivity contribution < 1.29 is 39.9 Å². The van der Waals surface area contributed by atoms with Crippen molar-refractivity contribution in [3.63, 3.8) is 0 Å². The molecule has 2 aromatic rings. The molecule has 5 rings (SSSR count). The zero-order valence-electron chi connectivity index (χ0n) is 22.3. The van der Waals surface area contributed by atoms with Gasteiger partial charge < -0.3 is 36.2 Å². The van der Waals surface area contributed by atoms with E-state index < -0.39 is 69.7 Å². The van der Waals surface area contributed by atoms with Gasteiger partial charge in [0, 0.05) is 37.7 Å². The van der Waals surface area contributed by atoms with Crippen LogP contribution in [-0.2, 0) is 14.4 Å². The van der Waals surface area contributed by atoms with Gasteiger partial charge in [-0.25, -0.2) is 0 Å². The highest BCUT2D eigenvalue weighted by atomic mass is 16.4. The number of aliphatic hydroxyl groups excluding tert-OH is 3. The first-order valence-electron chi connectivity index (χ1n) is 12.5. The lowest BCUT2D eigenvalue weighted by Gasteiger charge is -2.52. The van der Waals surface area contributed by atoms with Crippen molar-refractivity contribution >= 4 is 28.9 Å². The van der Waals surface area contributed by atoms with E-state index in [1.807, 2.05) is 43.3 Å². The smallest absolute Gasteiger partial charge is 0.255 e. The van der Waals surface area contributed by atoms with Crippen molar-refractivity contribution in [2.24, 2.45) is 17.6 Å². The van der Waals surface area contributed by atoms with Crippen LogP contribution >= 0.6 is 0 Å². The number of carbonyl (C=O) groups is 3. The number of rotatable bonds is 4. The number of phenols is 1. The molecule has 2 aromatic carbocycles. The van der Waals surface area contributed by atoms with E-state index in [2.05, 4.69) is 0 Å². The number of carbonyl (C=O) groups excluding carboxylic acids is 3. The number of anilines is 1. The number of nitrogens with two attached hydrogens (primary N) is 1. The summed E-state index contributed by atoms with van der Waals surface area (Å²) < 4.78 is 0. The fraction of sp³-hybridized carbons (Fsp3) is 0.310. The molecule has 3 aliphatic rings. The first-order chi connectivity index (χ1) is 18.7. The number of nitrogens with zero attached hydrogens (tertiary/aromatic N) is 2. The lowest BCUT2D eigenvalue weighted by Crippen LogP contribution is -2.70. The summed E-state index contributed by atoms with van der Waals surface area (Å²) in [4.78, 5) is 42.5. The van der Waals surface area contributed by atoms with Gasteiger partial charge in [-0.15, -0.1) is 0 Å². The molecule has 0 aliphatic heterocycles. The Morgan fingerprint density at radius 2 is 1.60 bits per heavy atom. The molecule has 0 saturated heterocycles. The molecule has 5 atom stereocenters. The number of Topliss-reactive ketones (excluding diaryl/α,β-unsaturated/α-hetero) is 2. The number of aliphatic hydroxyl groups is 4. The second-order valence-electron chi connectivity index (χ2n) is 10.8. The van der Waals surface area contributed by atoms with Crippen LogP contribution in [0.4, 0.5) is 5.69 Å². The van der Waals surface area contributed by atoms with Crippen LogP contribution in [-0.4, -0.2) is 93.8 Å². The van der Waals surface area contributed by atoms with Crippen LogP contribution in [0.5, 0.6) is 5.75 Å². The molecule has 3 aliphatic carbocycles. The summed E-state index contributed by atoms with van der Waals surface area (Å²) in [7, 11) is 6.71. The van der Waals surface area contributed by atoms with E-state index in [1.54, 1.807) is 6.07 Å². The molecule has 0 spiro atoms. The van der Waals surface area contributed by atoms with Gasteiger partial charge in [0.25, 0.3) is 5.91 Å². The third kappa shape index (κ3) is 3.58. The highest BCUT2D eigenvalue weighted by Crippen LogP contribution is 2.54. The Hall–Kier alpha value is -4.19. The Balaban J connectivity index is 1.75. The van der Waals surface area contributed by atoms with E-state index in [9.17, 15) is 39.9 Å². The number of ketones is 2. The molecule has 7 N–H and O–H groups in total. The largest absolute Gasteiger partial charge is 0.508 e. The lowest BCUT2D eigenvalue weighted by molar-refractivity contribution is -0.167. The summed E-state index contributed by atoms with van der Waals surface area (Å²) in [5, 5.41) is 56.4. The minimum atomic E-state index is -2.95. The zero-order valence-corrected chi connectivity index (χ0v) is 22.3. The molecule has 0 aromatic heterocycles. The van der Waals surface area contributed by atoms with E-state index in [1.165, 1.54) is 31.5 Å². The van der Waals surface area contributed by atoms with Crippen LogP contribution in [0.2, 0.25) is 0 Å². The minimum Gasteiger partial charge on any atom is -0.508 e. The quantitative estimate of drug-likeness (QED) is 0.297. The molecule has 1 radical (unpaired) electrons. The molecule has 209 valence electrons. The van der Waals surface area contributed by atoms with Crippen molar-refractivity contribution in [1.82, 2.24) is 4.90 Å². The third-order valence-corrected chi connectivity index (χ3v) is 8.15. The molecule has 40 heavy (non-hydrogen) atoms. The Bertz CT molecular complexity index is 1520. The molecule has 11 nitrogen and oxygen atoms in total. The maximum atomic E-state index is 13.9. The van der Waals surface area contributed by atoms with E-state index in [-0.39, 0.29) is 11.3 Å². The van der Waals surface area contributed by atoms with Gasteiger partial charge in [-0.1, -0.05) is 18.2 Å². The predicted octanol–water partition coefficient (Wildman–Crippen LogP) is 0.678. The third-order valence-electron chi connectivity index (χ3n) is 8.15. The molecule has 1 saturated carbocycles. The lowest BCUT2D eigenvalue weighted by atomic mass is 9.56. The van der Waals surface area contributed by atoms with Crippen molar-refractivity contribution in [1.29, 1.82) is 0 Å². The Kier molecular flexibility index (Phi) is 6.29. The summed E-state index contributed by atoms with van der Waals surface area (Å²) >= 11 is 0. The van der Waals surface area contributed by atoms with Gasteiger partial charge in [-0.3, -0.25) is 19.3 Å². The molecular formula is C29H30N3O8. The van der Waals surface area contributed by atoms with Gasteiger partial charge in [-0.2, -0.15) is 0 Å². The summed E-state index contributed by atoms with van der Waals surface area (Å²) in [5.74, 6) is -8.72. The van der Waals surface area contributed by atoms with Gasteiger partial charge in [0.05, 0.1) is 23.6 Å². The van der Waals surface area contributed by atoms with E-state index in [0.29, 0.717) is 11.1 Å². The normalized spacial score (nSPS) is 27.9. The first-order valence-corrected chi connectivity index (χ1v) is 12.5. The molecule has 1 fully saturated rings. The van der Waals surface area contributed by atoms with Crippen LogP contribution in [0.1, 0.15) is 11.1 Å². The number of hydrogen-bond donors (Lipinski definition) is 6. The van der Waals surface area contributed by atoms with Crippen molar-refractivity contribution in [3.05, 3.63) is 70.9 Å². The van der Waals surface area contributed by atoms with E-state index in [4.69, 9.17) is 5.73 Å². The highest BCUT2D eigenvalue weighted by molar-refractivity contribution is 6.24. The maximum Gasteiger partial charge on any atom is 0.255 e. The summed E-state index contributed by atoms with van der Waals surface area (Å²) in [6.45, 7) is 0. The van der Waals surface area contributed by atoms with Gasteiger partial charge in [0.15, 0.2) is 11.4 Å². The van der Waals surface area contributed by atoms with Gasteiger partial charge >= 0.3 is 0 Å². The number of primary amides is 1. The fourth-order valence-electron chi connectivity index (χ4n) is 6.22. The van der Waals surface area contributed by atoms with Crippen LogP contribution < -0.4 is 10.6 Å². The number of amides is 1. The number of benzene rings is 2. The van der Waals surface area contributed by atoms with Crippen LogP contribution in [0.3, 0.4) is 0 Å². The second-order valence-corrected chi connectivity index (χ2v) is 10.8. The predicted molar refractivity (Wildman–Crippen MR) is 145 cm³/mol. The molecule has 0 unspecified atom stereocenters. The summed E-state index contributed by atoms with van der Waals surface area (Å²) in [6.07, 6.45) is -0.185. The summed E-state index contributed by atoms with van der Waals surface area (Å²) in [5.41, 5.74) is 3.44. The molecule has 0 bridgehead atoms. The van der Waals surface area contributed by atoms with E-state index >= 15 is 0 Å². The van der Waals surface area contributed by atoms with Crippen LogP contribution in [0.15, 0.2) is 53.3 Å². The molecule has 0 heterocycles. The fourth-order valence-corrected chi connectivity index (χ4v) is 6.22. The monoisotopic (exact) mass is 548 g/mol.